The lowest BCUT2D eigenvalue weighted by molar-refractivity contribution is 0.0420. The average Bonchev–Trinajstić information content (AvgIpc) is 2.04. The number of rotatable bonds is 2. The van der Waals surface area contributed by atoms with Crippen molar-refractivity contribution in [2.75, 3.05) is 7.11 Å². The van der Waals surface area contributed by atoms with Gasteiger partial charge in [-0.2, -0.15) is 0 Å². The fourth-order valence-corrected chi connectivity index (χ4v) is 1.57. The van der Waals surface area contributed by atoms with Gasteiger partial charge in [0, 0.05) is 13.2 Å². The number of hydrazine groups is 1. The van der Waals surface area contributed by atoms with Gasteiger partial charge in [0.1, 0.15) is 0 Å². The minimum Gasteiger partial charge on any atom is -0.380 e. The highest BCUT2D eigenvalue weighted by atomic mass is 16.5. The molecule has 2 unspecified atom stereocenters. The molecule has 2 atom stereocenters. The van der Waals surface area contributed by atoms with E-state index in [9.17, 15) is 0 Å². The quantitative estimate of drug-likeness (QED) is 0.436. The van der Waals surface area contributed by atoms with Crippen LogP contribution in [0, 0.1) is 0 Å². The van der Waals surface area contributed by atoms with Crippen molar-refractivity contribution < 1.29 is 4.74 Å². The summed E-state index contributed by atoms with van der Waals surface area (Å²) in [4.78, 5) is 0. The van der Waals surface area contributed by atoms with Crippen LogP contribution in [0.4, 0.5) is 0 Å². The zero-order chi connectivity index (χ0) is 7.40. The van der Waals surface area contributed by atoms with Crippen LogP contribution in [0.2, 0.25) is 0 Å². The topological polar surface area (TPSA) is 47.3 Å². The van der Waals surface area contributed by atoms with Crippen LogP contribution in [-0.4, -0.2) is 19.3 Å². The first-order valence-electron chi connectivity index (χ1n) is 3.87. The molecule has 0 radical (unpaired) electrons. The lowest BCUT2D eigenvalue weighted by Crippen LogP contribution is -2.46. The summed E-state index contributed by atoms with van der Waals surface area (Å²) in [6.45, 7) is 0. The van der Waals surface area contributed by atoms with Crippen molar-refractivity contribution >= 4 is 0 Å². The van der Waals surface area contributed by atoms with Gasteiger partial charge in [-0.3, -0.25) is 11.3 Å². The van der Waals surface area contributed by atoms with E-state index in [1.807, 2.05) is 0 Å². The summed E-state index contributed by atoms with van der Waals surface area (Å²) in [7, 11) is 1.75. The molecule has 1 aliphatic rings. The fourth-order valence-electron chi connectivity index (χ4n) is 1.57. The summed E-state index contributed by atoms with van der Waals surface area (Å²) >= 11 is 0. The number of methoxy groups -OCH3 is 1. The molecule has 0 aromatic carbocycles. The van der Waals surface area contributed by atoms with E-state index in [1.165, 1.54) is 12.8 Å². The molecule has 0 aromatic heterocycles. The molecule has 10 heavy (non-hydrogen) atoms. The lowest BCUT2D eigenvalue weighted by atomic mass is 9.93. The molecule has 1 aliphatic carbocycles. The minimum atomic E-state index is 0.332. The van der Waals surface area contributed by atoms with Gasteiger partial charge in [-0.05, 0) is 12.8 Å². The average molecular weight is 144 g/mol. The van der Waals surface area contributed by atoms with Gasteiger partial charge >= 0.3 is 0 Å². The second kappa shape index (κ2) is 3.91. The van der Waals surface area contributed by atoms with Crippen molar-refractivity contribution in [2.45, 2.75) is 37.8 Å². The standard InChI is InChI=1S/C7H16N2O/c1-10-7-5-3-2-4-6(7)9-8/h6-7,9H,2-5,8H2,1H3. The van der Waals surface area contributed by atoms with Crippen LogP contribution in [0.3, 0.4) is 0 Å². The summed E-state index contributed by atoms with van der Waals surface area (Å²) in [5.41, 5.74) is 2.78. The van der Waals surface area contributed by atoms with E-state index >= 15 is 0 Å². The Morgan fingerprint density at radius 2 is 2.10 bits per heavy atom. The number of hydrogen-bond donors (Lipinski definition) is 2. The molecule has 0 spiro atoms. The van der Waals surface area contributed by atoms with Crippen LogP contribution in [-0.2, 0) is 4.74 Å². The molecular formula is C7H16N2O. The monoisotopic (exact) mass is 144 g/mol. The highest BCUT2D eigenvalue weighted by Crippen LogP contribution is 2.19. The molecule has 0 heterocycles. The van der Waals surface area contributed by atoms with Crippen LogP contribution in [0.5, 0.6) is 0 Å². The third-order valence-corrected chi connectivity index (χ3v) is 2.22. The van der Waals surface area contributed by atoms with Crippen LogP contribution in [0.1, 0.15) is 25.7 Å². The molecule has 0 amide bonds. The largest absolute Gasteiger partial charge is 0.380 e. The van der Waals surface area contributed by atoms with Gasteiger partial charge in [-0.25, -0.2) is 0 Å². The normalized spacial score (nSPS) is 34.2. The SMILES string of the molecule is COC1CCCCC1NN. The molecule has 0 aromatic rings. The van der Waals surface area contributed by atoms with Crippen molar-refractivity contribution in [3.05, 3.63) is 0 Å². The first kappa shape index (κ1) is 7.98. The van der Waals surface area contributed by atoms with Crippen molar-refractivity contribution in [2.24, 2.45) is 5.84 Å². The summed E-state index contributed by atoms with van der Waals surface area (Å²) in [5, 5.41) is 0. The molecule has 3 heteroatoms. The molecule has 1 fully saturated rings. The number of nitrogens with two attached hydrogens (primary N) is 1. The number of nitrogens with one attached hydrogen (secondary N) is 1. The van der Waals surface area contributed by atoms with E-state index in [1.54, 1.807) is 7.11 Å². The second-order valence-electron chi connectivity index (χ2n) is 2.83. The van der Waals surface area contributed by atoms with Crippen molar-refractivity contribution in [1.82, 2.24) is 5.43 Å². The van der Waals surface area contributed by atoms with Crippen LogP contribution in [0.15, 0.2) is 0 Å². The molecule has 0 bridgehead atoms. The molecular weight excluding hydrogens is 128 g/mol. The molecule has 1 rings (SSSR count). The first-order chi connectivity index (χ1) is 4.88. The second-order valence-corrected chi connectivity index (χ2v) is 2.83. The lowest BCUT2D eigenvalue weighted by Gasteiger charge is -2.29. The van der Waals surface area contributed by atoms with E-state index < -0.39 is 0 Å². The molecule has 0 saturated heterocycles. The summed E-state index contributed by atoms with van der Waals surface area (Å²) < 4.78 is 5.25. The van der Waals surface area contributed by atoms with E-state index in [0.717, 1.165) is 12.8 Å². The minimum absolute atomic E-state index is 0.332. The van der Waals surface area contributed by atoms with Gasteiger partial charge in [0.2, 0.25) is 0 Å². The molecule has 1 saturated carbocycles. The highest BCUT2D eigenvalue weighted by Gasteiger charge is 2.22. The van der Waals surface area contributed by atoms with Crippen molar-refractivity contribution in [3.8, 4) is 0 Å². The summed E-state index contributed by atoms with van der Waals surface area (Å²) in [6.07, 6.45) is 5.17. The van der Waals surface area contributed by atoms with Gasteiger partial charge in [0.15, 0.2) is 0 Å². The Bertz CT molecular complexity index is 85.6. The summed E-state index contributed by atoms with van der Waals surface area (Å²) in [5.74, 6) is 5.34. The third kappa shape index (κ3) is 1.68. The maximum absolute atomic E-state index is 5.34. The van der Waals surface area contributed by atoms with Gasteiger partial charge in [-0.15, -0.1) is 0 Å². The smallest absolute Gasteiger partial charge is 0.0737 e. The van der Waals surface area contributed by atoms with Crippen LogP contribution >= 0.6 is 0 Å². The van der Waals surface area contributed by atoms with E-state index in [4.69, 9.17) is 10.6 Å². The first-order valence-corrected chi connectivity index (χ1v) is 3.87. The Morgan fingerprint density at radius 1 is 1.40 bits per heavy atom. The third-order valence-electron chi connectivity index (χ3n) is 2.22. The molecule has 60 valence electrons. The van der Waals surface area contributed by atoms with Crippen molar-refractivity contribution in [3.63, 3.8) is 0 Å². The van der Waals surface area contributed by atoms with Crippen LogP contribution < -0.4 is 11.3 Å². The number of ether oxygens (including phenoxy) is 1. The van der Waals surface area contributed by atoms with E-state index in [2.05, 4.69) is 5.43 Å². The Kier molecular flexibility index (Phi) is 3.12. The Balaban J connectivity index is 2.34. The molecule has 3 nitrogen and oxygen atoms in total. The Hall–Kier alpha value is -0.120. The zero-order valence-electron chi connectivity index (χ0n) is 6.47. The van der Waals surface area contributed by atoms with E-state index in [0.29, 0.717) is 12.1 Å². The number of hydrogen-bond acceptors (Lipinski definition) is 3. The van der Waals surface area contributed by atoms with Gasteiger partial charge in [-0.1, -0.05) is 12.8 Å². The predicted octanol–water partition coefficient (Wildman–Crippen LogP) is 0.407. The highest BCUT2D eigenvalue weighted by molar-refractivity contribution is 4.79. The molecule has 3 N–H and O–H groups in total. The Labute approximate surface area is 61.9 Å². The van der Waals surface area contributed by atoms with Crippen LogP contribution in [0.25, 0.3) is 0 Å². The van der Waals surface area contributed by atoms with Gasteiger partial charge < -0.3 is 4.74 Å². The van der Waals surface area contributed by atoms with E-state index in [-0.39, 0.29) is 0 Å². The molecule has 0 aliphatic heterocycles. The zero-order valence-corrected chi connectivity index (χ0v) is 6.47. The van der Waals surface area contributed by atoms with Crippen molar-refractivity contribution in [1.29, 1.82) is 0 Å². The predicted molar refractivity (Wildman–Crippen MR) is 40.4 cm³/mol. The fraction of sp³-hybridized carbons (Fsp3) is 1.00. The summed E-state index contributed by atoms with van der Waals surface area (Å²) in [6, 6.07) is 0.374. The maximum atomic E-state index is 5.34. The Morgan fingerprint density at radius 3 is 2.60 bits per heavy atom. The van der Waals surface area contributed by atoms with Gasteiger partial charge in [0.25, 0.3) is 0 Å². The maximum Gasteiger partial charge on any atom is 0.0737 e. The van der Waals surface area contributed by atoms with Gasteiger partial charge in [0.05, 0.1) is 6.10 Å².